The van der Waals surface area contributed by atoms with E-state index < -0.39 is 6.10 Å². The summed E-state index contributed by atoms with van der Waals surface area (Å²) in [5, 5.41) is 9.78. The monoisotopic (exact) mass is 234 g/mol. The highest BCUT2D eigenvalue weighted by Gasteiger charge is 2.15. The Morgan fingerprint density at radius 2 is 1.82 bits per heavy atom. The number of benzene rings is 1. The highest BCUT2D eigenvalue weighted by atomic mass is 16.3. The van der Waals surface area contributed by atoms with E-state index in [0.717, 1.165) is 11.5 Å². The Hall–Kier alpha value is -0.900. The highest BCUT2D eigenvalue weighted by Crippen LogP contribution is 2.32. The van der Waals surface area contributed by atoms with Crippen LogP contribution in [0.4, 0.5) is 0 Å². The summed E-state index contributed by atoms with van der Waals surface area (Å²) < 4.78 is 0. The number of nitrogens with one attached hydrogen (secondary N) is 1. The Balaban J connectivity index is 2.01. The van der Waals surface area contributed by atoms with Gasteiger partial charge in [-0.3, -0.25) is 11.3 Å². The lowest BCUT2D eigenvalue weighted by atomic mass is 9.84. The van der Waals surface area contributed by atoms with Crippen molar-refractivity contribution in [2.75, 3.05) is 6.54 Å². The first-order valence-corrected chi connectivity index (χ1v) is 6.52. The molecule has 1 aliphatic rings. The van der Waals surface area contributed by atoms with E-state index in [-0.39, 0.29) is 0 Å². The molecular formula is C14H22N2O. The van der Waals surface area contributed by atoms with Crippen LogP contribution in [-0.4, -0.2) is 11.7 Å². The van der Waals surface area contributed by atoms with E-state index in [1.165, 1.54) is 37.7 Å². The number of rotatable bonds is 4. The first-order chi connectivity index (χ1) is 8.31. The summed E-state index contributed by atoms with van der Waals surface area (Å²) in [6.45, 7) is 0.392. The molecule has 3 heteroatoms. The van der Waals surface area contributed by atoms with Crippen molar-refractivity contribution in [3.05, 3.63) is 35.4 Å². The molecule has 0 aromatic heterocycles. The molecule has 3 nitrogen and oxygen atoms in total. The third-order valence-corrected chi connectivity index (χ3v) is 3.71. The molecule has 0 heterocycles. The van der Waals surface area contributed by atoms with E-state index in [1.807, 2.05) is 12.1 Å². The van der Waals surface area contributed by atoms with Crippen LogP contribution in [-0.2, 0) is 0 Å². The molecule has 1 atom stereocenters. The van der Waals surface area contributed by atoms with Crippen molar-refractivity contribution < 1.29 is 5.11 Å². The van der Waals surface area contributed by atoms with Gasteiger partial charge in [-0.05, 0) is 29.9 Å². The maximum atomic E-state index is 9.78. The third-order valence-electron chi connectivity index (χ3n) is 3.71. The summed E-state index contributed by atoms with van der Waals surface area (Å²) in [6.07, 6.45) is 6.20. The van der Waals surface area contributed by atoms with Crippen LogP contribution in [0.25, 0.3) is 0 Å². The van der Waals surface area contributed by atoms with E-state index in [4.69, 9.17) is 5.84 Å². The SMILES string of the molecule is NNCC(O)c1ccc(C2CCCCC2)cc1. The number of aliphatic hydroxyl groups excluding tert-OH is 1. The van der Waals surface area contributed by atoms with Gasteiger partial charge >= 0.3 is 0 Å². The summed E-state index contributed by atoms with van der Waals surface area (Å²) in [5.74, 6) is 5.93. The molecule has 1 aromatic carbocycles. The van der Waals surface area contributed by atoms with Crippen molar-refractivity contribution in [1.29, 1.82) is 0 Å². The number of aliphatic hydroxyl groups is 1. The molecule has 17 heavy (non-hydrogen) atoms. The first-order valence-electron chi connectivity index (χ1n) is 6.52. The Kier molecular flexibility index (Phi) is 4.54. The van der Waals surface area contributed by atoms with Gasteiger partial charge in [-0.25, -0.2) is 0 Å². The van der Waals surface area contributed by atoms with Crippen LogP contribution in [0.15, 0.2) is 24.3 Å². The smallest absolute Gasteiger partial charge is 0.0928 e. The van der Waals surface area contributed by atoms with Gasteiger partial charge < -0.3 is 5.11 Å². The fourth-order valence-corrected chi connectivity index (χ4v) is 2.66. The van der Waals surface area contributed by atoms with Crippen molar-refractivity contribution in [3.8, 4) is 0 Å². The van der Waals surface area contributed by atoms with Crippen molar-refractivity contribution in [2.24, 2.45) is 5.84 Å². The Morgan fingerprint density at radius 1 is 1.18 bits per heavy atom. The zero-order valence-corrected chi connectivity index (χ0v) is 10.2. The minimum Gasteiger partial charge on any atom is -0.387 e. The van der Waals surface area contributed by atoms with Gasteiger partial charge in [0.15, 0.2) is 0 Å². The highest BCUT2D eigenvalue weighted by molar-refractivity contribution is 5.27. The normalized spacial score (nSPS) is 19.2. The van der Waals surface area contributed by atoms with E-state index in [2.05, 4.69) is 17.6 Å². The molecule has 0 aliphatic heterocycles. The Morgan fingerprint density at radius 3 is 2.41 bits per heavy atom. The van der Waals surface area contributed by atoms with Gasteiger partial charge in [0, 0.05) is 6.54 Å². The molecule has 94 valence electrons. The van der Waals surface area contributed by atoms with E-state index in [0.29, 0.717) is 6.54 Å². The van der Waals surface area contributed by atoms with Crippen molar-refractivity contribution in [1.82, 2.24) is 5.43 Å². The molecule has 0 amide bonds. The average Bonchev–Trinajstić information content (AvgIpc) is 2.40. The molecule has 0 spiro atoms. The molecule has 1 aliphatic carbocycles. The minimum absolute atomic E-state index is 0.392. The van der Waals surface area contributed by atoms with Crippen LogP contribution in [0.1, 0.15) is 55.3 Å². The summed E-state index contributed by atoms with van der Waals surface area (Å²) >= 11 is 0. The second-order valence-electron chi connectivity index (χ2n) is 4.93. The summed E-state index contributed by atoms with van der Waals surface area (Å²) in [7, 11) is 0. The predicted molar refractivity (Wildman–Crippen MR) is 69.4 cm³/mol. The second-order valence-corrected chi connectivity index (χ2v) is 4.93. The molecule has 1 aromatic rings. The number of hydrogen-bond donors (Lipinski definition) is 3. The van der Waals surface area contributed by atoms with Gasteiger partial charge in [0.1, 0.15) is 0 Å². The standard InChI is InChI=1S/C14H22N2O/c15-16-10-14(17)13-8-6-12(7-9-13)11-4-2-1-3-5-11/h6-9,11,14,16-17H,1-5,10,15H2. The Bertz CT molecular complexity index is 331. The van der Waals surface area contributed by atoms with Gasteiger partial charge in [0.05, 0.1) is 6.10 Å². The summed E-state index contributed by atoms with van der Waals surface area (Å²) in [4.78, 5) is 0. The maximum Gasteiger partial charge on any atom is 0.0928 e. The number of hydrogen-bond acceptors (Lipinski definition) is 3. The van der Waals surface area contributed by atoms with E-state index in [9.17, 15) is 5.11 Å². The first kappa shape index (κ1) is 12.6. The van der Waals surface area contributed by atoms with Gasteiger partial charge in [0.2, 0.25) is 0 Å². The topological polar surface area (TPSA) is 58.3 Å². The average molecular weight is 234 g/mol. The van der Waals surface area contributed by atoms with Gasteiger partial charge in [0.25, 0.3) is 0 Å². The minimum atomic E-state index is -0.514. The lowest BCUT2D eigenvalue weighted by Crippen LogP contribution is -2.27. The van der Waals surface area contributed by atoms with Crippen molar-refractivity contribution in [2.45, 2.75) is 44.1 Å². The molecule has 0 saturated heterocycles. The van der Waals surface area contributed by atoms with E-state index in [1.54, 1.807) is 0 Å². The van der Waals surface area contributed by atoms with Gasteiger partial charge in [-0.15, -0.1) is 0 Å². The summed E-state index contributed by atoms with van der Waals surface area (Å²) in [6, 6.07) is 8.36. The fourth-order valence-electron chi connectivity index (χ4n) is 2.66. The molecule has 4 N–H and O–H groups in total. The van der Waals surface area contributed by atoms with Crippen LogP contribution in [0.5, 0.6) is 0 Å². The third kappa shape index (κ3) is 3.28. The largest absolute Gasteiger partial charge is 0.387 e. The second kappa shape index (κ2) is 6.15. The van der Waals surface area contributed by atoms with E-state index >= 15 is 0 Å². The lowest BCUT2D eigenvalue weighted by Gasteiger charge is -2.22. The van der Waals surface area contributed by atoms with Crippen LogP contribution in [0.2, 0.25) is 0 Å². The zero-order chi connectivity index (χ0) is 12.1. The molecule has 0 radical (unpaired) electrons. The zero-order valence-electron chi connectivity index (χ0n) is 10.2. The molecule has 2 rings (SSSR count). The van der Waals surface area contributed by atoms with Crippen LogP contribution >= 0.6 is 0 Å². The van der Waals surface area contributed by atoms with Crippen LogP contribution < -0.4 is 11.3 Å². The van der Waals surface area contributed by atoms with Crippen LogP contribution in [0.3, 0.4) is 0 Å². The van der Waals surface area contributed by atoms with Gasteiger partial charge in [-0.1, -0.05) is 43.5 Å². The summed E-state index contributed by atoms with van der Waals surface area (Å²) in [5.41, 5.74) is 4.84. The van der Waals surface area contributed by atoms with Crippen molar-refractivity contribution >= 4 is 0 Å². The van der Waals surface area contributed by atoms with Gasteiger partial charge in [-0.2, -0.15) is 0 Å². The quantitative estimate of drug-likeness (QED) is 0.553. The van der Waals surface area contributed by atoms with Crippen LogP contribution in [0, 0.1) is 0 Å². The van der Waals surface area contributed by atoms with Crippen molar-refractivity contribution in [3.63, 3.8) is 0 Å². The number of hydrazine groups is 1. The molecule has 1 saturated carbocycles. The number of nitrogens with two attached hydrogens (primary N) is 1. The molecule has 1 unspecified atom stereocenters. The molecular weight excluding hydrogens is 212 g/mol. The molecule has 0 bridgehead atoms. The maximum absolute atomic E-state index is 9.78. The predicted octanol–water partition coefficient (Wildman–Crippen LogP) is 2.23. The lowest BCUT2D eigenvalue weighted by molar-refractivity contribution is 0.175. The Labute approximate surface area is 103 Å². The molecule has 1 fully saturated rings. The fraction of sp³-hybridized carbons (Fsp3) is 0.571.